The standard InChI is InChI=1S/C24H24ClN3O4S/c1-17(2)27(24(30)21-11-10-19(28(31)32)13-22(21)25)16-23(29)26(15-20-9-6-12-33-20)14-18-7-4-3-5-8-18/h3-13,17H,14-16H2,1-2H3. The third-order valence-electron chi connectivity index (χ3n) is 5.08. The molecular formula is C24H24ClN3O4S. The lowest BCUT2D eigenvalue weighted by Crippen LogP contribution is -2.45. The van der Waals surface area contributed by atoms with E-state index < -0.39 is 10.8 Å². The van der Waals surface area contributed by atoms with Crippen LogP contribution < -0.4 is 0 Å². The van der Waals surface area contributed by atoms with Gasteiger partial charge in [0.05, 0.1) is 22.1 Å². The molecule has 2 amide bonds. The van der Waals surface area contributed by atoms with Crippen LogP contribution >= 0.6 is 22.9 Å². The third kappa shape index (κ3) is 6.40. The molecule has 7 nitrogen and oxygen atoms in total. The summed E-state index contributed by atoms with van der Waals surface area (Å²) < 4.78 is 0. The zero-order chi connectivity index (χ0) is 24.0. The summed E-state index contributed by atoms with van der Waals surface area (Å²) in [5, 5.41) is 12.9. The topological polar surface area (TPSA) is 83.8 Å². The number of nitro benzene ring substituents is 1. The number of rotatable bonds is 9. The molecule has 0 spiro atoms. The van der Waals surface area contributed by atoms with Crippen LogP contribution in [0, 0.1) is 10.1 Å². The normalized spacial score (nSPS) is 10.8. The monoisotopic (exact) mass is 485 g/mol. The average Bonchev–Trinajstić information content (AvgIpc) is 3.30. The van der Waals surface area contributed by atoms with Gasteiger partial charge in [0.25, 0.3) is 11.6 Å². The molecule has 0 saturated heterocycles. The zero-order valence-corrected chi connectivity index (χ0v) is 19.9. The van der Waals surface area contributed by atoms with Crippen LogP contribution in [0.2, 0.25) is 5.02 Å². The first-order valence-electron chi connectivity index (χ1n) is 10.3. The van der Waals surface area contributed by atoms with Crippen molar-refractivity contribution in [2.75, 3.05) is 6.54 Å². The minimum absolute atomic E-state index is 0.0213. The number of hydrogen-bond donors (Lipinski definition) is 0. The van der Waals surface area contributed by atoms with Crippen LogP contribution in [-0.2, 0) is 17.9 Å². The summed E-state index contributed by atoms with van der Waals surface area (Å²) in [5.74, 6) is -0.652. The van der Waals surface area contributed by atoms with E-state index in [0.29, 0.717) is 13.1 Å². The summed E-state index contributed by atoms with van der Waals surface area (Å²) in [6, 6.07) is 17.0. The number of carbonyl (C=O) groups is 2. The Bertz CT molecular complexity index is 1120. The number of halogens is 1. The molecule has 0 bridgehead atoms. The van der Waals surface area contributed by atoms with E-state index in [9.17, 15) is 19.7 Å². The average molecular weight is 486 g/mol. The maximum absolute atomic E-state index is 13.4. The second-order valence-electron chi connectivity index (χ2n) is 7.76. The smallest absolute Gasteiger partial charge is 0.270 e. The van der Waals surface area contributed by atoms with Crippen molar-refractivity contribution >= 4 is 40.4 Å². The molecule has 0 N–H and O–H groups in total. The van der Waals surface area contributed by atoms with E-state index in [-0.39, 0.29) is 34.8 Å². The largest absolute Gasteiger partial charge is 0.332 e. The molecule has 0 aliphatic carbocycles. The Balaban J connectivity index is 1.82. The molecule has 1 heterocycles. The van der Waals surface area contributed by atoms with Crippen LogP contribution in [0.3, 0.4) is 0 Å². The van der Waals surface area contributed by atoms with E-state index in [1.165, 1.54) is 17.0 Å². The Hall–Kier alpha value is -3.23. The van der Waals surface area contributed by atoms with Gasteiger partial charge in [-0.2, -0.15) is 0 Å². The van der Waals surface area contributed by atoms with E-state index in [0.717, 1.165) is 16.5 Å². The molecule has 172 valence electrons. The van der Waals surface area contributed by atoms with Gasteiger partial charge in [0.2, 0.25) is 5.91 Å². The molecule has 2 aromatic carbocycles. The summed E-state index contributed by atoms with van der Waals surface area (Å²) >= 11 is 7.74. The first kappa shape index (κ1) is 24.4. The molecule has 3 aromatic rings. The molecule has 0 aliphatic rings. The minimum Gasteiger partial charge on any atom is -0.332 e. The first-order chi connectivity index (χ1) is 15.8. The molecule has 0 fully saturated rings. The molecule has 0 radical (unpaired) electrons. The number of non-ortho nitro benzene ring substituents is 1. The summed E-state index contributed by atoms with van der Waals surface area (Å²) in [4.78, 5) is 41.2. The van der Waals surface area contributed by atoms with Crippen LogP contribution in [0.15, 0.2) is 66.0 Å². The minimum atomic E-state index is -0.574. The fourth-order valence-electron chi connectivity index (χ4n) is 3.31. The highest BCUT2D eigenvalue weighted by atomic mass is 35.5. The Morgan fingerprint density at radius 2 is 1.79 bits per heavy atom. The van der Waals surface area contributed by atoms with Gasteiger partial charge in [-0.3, -0.25) is 19.7 Å². The van der Waals surface area contributed by atoms with Crippen LogP contribution in [0.4, 0.5) is 5.69 Å². The van der Waals surface area contributed by atoms with Gasteiger partial charge in [-0.25, -0.2) is 0 Å². The van der Waals surface area contributed by atoms with Crippen molar-refractivity contribution in [3.63, 3.8) is 0 Å². The Morgan fingerprint density at radius 3 is 2.36 bits per heavy atom. The molecule has 3 rings (SSSR count). The van der Waals surface area contributed by atoms with Crippen LogP contribution in [0.25, 0.3) is 0 Å². The number of hydrogen-bond acceptors (Lipinski definition) is 5. The van der Waals surface area contributed by atoms with Crippen molar-refractivity contribution in [2.45, 2.75) is 33.0 Å². The second-order valence-corrected chi connectivity index (χ2v) is 9.20. The van der Waals surface area contributed by atoms with Crippen LogP contribution in [-0.4, -0.2) is 39.1 Å². The SMILES string of the molecule is CC(C)N(CC(=O)N(Cc1ccccc1)Cc1cccs1)C(=O)c1ccc([N+](=O)[O-])cc1Cl. The highest BCUT2D eigenvalue weighted by Gasteiger charge is 2.27. The fraction of sp³-hybridized carbons (Fsp3) is 0.250. The summed E-state index contributed by atoms with van der Waals surface area (Å²) in [6.45, 7) is 4.33. The van der Waals surface area contributed by atoms with E-state index in [4.69, 9.17) is 11.6 Å². The fourth-order valence-corrected chi connectivity index (χ4v) is 4.28. The van der Waals surface area contributed by atoms with Gasteiger partial charge < -0.3 is 9.80 Å². The molecule has 0 unspecified atom stereocenters. The zero-order valence-electron chi connectivity index (χ0n) is 18.3. The molecule has 0 atom stereocenters. The summed E-state index contributed by atoms with van der Waals surface area (Å²) in [7, 11) is 0. The molecule has 1 aromatic heterocycles. The number of nitro groups is 1. The van der Waals surface area contributed by atoms with Crippen molar-refractivity contribution in [2.24, 2.45) is 0 Å². The summed E-state index contributed by atoms with van der Waals surface area (Å²) in [6.07, 6.45) is 0. The molecule has 0 aliphatic heterocycles. The molecule has 33 heavy (non-hydrogen) atoms. The summed E-state index contributed by atoms with van der Waals surface area (Å²) in [5.41, 5.74) is 0.911. The molecular weight excluding hydrogens is 462 g/mol. The maximum atomic E-state index is 13.4. The van der Waals surface area contributed by atoms with Gasteiger partial charge >= 0.3 is 0 Å². The Morgan fingerprint density at radius 1 is 1.06 bits per heavy atom. The van der Waals surface area contributed by atoms with Crippen molar-refractivity contribution in [3.8, 4) is 0 Å². The Kier molecular flexibility index (Phi) is 8.19. The predicted molar refractivity (Wildman–Crippen MR) is 129 cm³/mol. The van der Waals surface area contributed by atoms with E-state index in [1.54, 1.807) is 16.2 Å². The van der Waals surface area contributed by atoms with Crippen molar-refractivity contribution in [1.82, 2.24) is 9.80 Å². The number of benzene rings is 2. The van der Waals surface area contributed by atoms with Gasteiger partial charge in [0.15, 0.2) is 0 Å². The quantitative estimate of drug-likeness (QED) is 0.300. The maximum Gasteiger partial charge on any atom is 0.270 e. The van der Waals surface area contributed by atoms with Crippen molar-refractivity contribution in [1.29, 1.82) is 0 Å². The number of carbonyl (C=O) groups excluding carboxylic acids is 2. The first-order valence-corrected chi connectivity index (χ1v) is 11.6. The predicted octanol–water partition coefficient (Wildman–Crippen LogP) is 5.39. The number of amides is 2. The van der Waals surface area contributed by atoms with Gasteiger partial charge in [-0.05, 0) is 36.9 Å². The van der Waals surface area contributed by atoms with Gasteiger partial charge in [-0.15, -0.1) is 11.3 Å². The lowest BCUT2D eigenvalue weighted by Gasteiger charge is -2.30. The van der Waals surface area contributed by atoms with E-state index in [1.807, 2.05) is 61.7 Å². The second kappa shape index (κ2) is 11.1. The Labute approximate surface area is 201 Å². The highest BCUT2D eigenvalue weighted by molar-refractivity contribution is 7.09. The number of thiophene rings is 1. The van der Waals surface area contributed by atoms with Crippen LogP contribution in [0.5, 0.6) is 0 Å². The lowest BCUT2D eigenvalue weighted by atomic mass is 10.1. The lowest BCUT2D eigenvalue weighted by molar-refractivity contribution is -0.384. The van der Waals surface area contributed by atoms with E-state index in [2.05, 4.69) is 0 Å². The highest BCUT2D eigenvalue weighted by Crippen LogP contribution is 2.25. The van der Waals surface area contributed by atoms with Gasteiger partial charge in [0.1, 0.15) is 6.54 Å². The van der Waals surface area contributed by atoms with Crippen LogP contribution in [0.1, 0.15) is 34.6 Å². The third-order valence-corrected chi connectivity index (χ3v) is 6.25. The van der Waals surface area contributed by atoms with E-state index >= 15 is 0 Å². The van der Waals surface area contributed by atoms with Crippen molar-refractivity contribution < 1.29 is 14.5 Å². The van der Waals surface area contributed by atoms with Crippen molar-refractivity contribution in [3.05, 3.63) is 97.2 Å². The van der Waals surface area contributed by atoms with Gasteiger partial charge in [0, 0.05) is 29.6 Å². The number of nitrogens with zero attached hydrogens (tertiary/aromatic N) is 3. The van der Waals surface area contributed by atoms with Gasteiger partial charge in [-0.1, -0.05) is 48.0 Å². The molecule has 0 saturated carbocycles. The molecule has 9 heteroatoms.